The monoisotopic (exact) mass is 414 g/mol. The van der Waals surface area contributed by atoms with Gasteiger partial charge in [0.25, 0.3) is 0 Å². The standard InChI is InChI=1S/C23H22N6O2/c1-13-10-24-21(25-11-13)18-12-29(28-27-18)17-6-3-15(4-7-17)19-20(30)23(26-22(19)31)9-14-2-5-16(23)8-14/h3-4,6-7,10-12,14,16,19H,2,5,8-9H2,1H3,(H,26,31)/t14-,16+,19?,23-/m1/s1. The number of hydrogen-bond donors (Lipinski definition) is 1. The first-order chi connectivity index (χ1) is 15.0. The largest absolute Gasteiger partial charge is 0.342 e. The molecular formula is C23H22N6O2. The first kappa shape index (κ1) is 18.4. The zero-order chi connectivity index (χ0) is 21.2. The van der Waals surface area contributed by atoms with Crippen LogP contribution in [-0.4, -0.2) is 42.2 Å². The van der Waals surface area contributed by atoms with Crippen molar-refractivity contribution in [3.8, 4) is 17.2 Å². The van der Waals surface area contributed by atoms with Crippen LogP contribution >= 0.6 is 0 Å². The van der Waals surface area contributed by atoms with Crippen molar-refractivity contribution in [3.63, 3.8) is 0 Å². The molecule has 1 amide bonds. The van der Waals surface area contributed by atoms with E-state index in [-0.39, 0.29) is 11.7 Å². The van der Waals surface area contributed by atoms with Gasteiger partial charge >= 0.3 is 0 Å². The molecule has 2 saturated carbocycles. The summed E-state index contributed by atoms with van der Waals surface area (Å²) in [4.78, 5) is 34.7. The van der Waals surface area contributed by atoms with E-state index in [0.29, 0.717) is 23.4 Å². The minimum absolute atomic E-state index is 0.0528. The van der Waals surface area contributed by atoms with Gasteiger partial charge in [0.2, 0.25) is 5.91 Å². The molecule has 2 bridgehead atoms. The summed E-state index contributed by atoms with van der Waals surface area (Å²) in [6.07, 6.45) is 9.34. The fourth-order valence-electron chi connectivity index (χ4n) is 5.65. The van der Waals surface area contributed by atoms with Crippen molar-refractivity contribution in [2.75, 3.05) is 0 Å². The average Bonchev–Trinajstić information content (AvgIpc) is 3.54. The highest BCUT2D eigenvalue weighted by Gasteiger charge is 2.62. The van der Waals surface area contributed by atoms with Gasteiger partial charge in [-0.1, -0.05) is 17.3 Å². The number of aromatic nitrogens is 5. The van der Waals surface area contributed by atoms with E-state index in [0.717, 1.165) is 36.1 Å². The number of Topliss-reactive ketones (excluding diaryl/α,β-unsaturated/α-hetero) is 1. The second-order valence-electron chi connectivity index (χ2n) is 9.06. The van der Waals surface area contributed by atoms with E-state index in [9.17, 15) is 9.59 Å². The molecule has 3 aromatic rings. The minimum Gasteiger partial charge on any atom is -0.342 e. The van der Waals surface area contributed by atoms with Crippen molar-refractivity contribution in [1.82, 2.24) is 30.3 Å². The van der Waals surface area contributed by atoms with Crippen LogP contribution in [-0.2, 0) is 9.59 Å². The van der Waals surface area contributed by atoms with E-state index >= 15 is 0 Å². The highest BCUT2D eigenvalue weighted by atomic mass is 16.2. The molecule has 3 aliphatic rings. The Hall–Kier alpha value is -3.42. The fraction of sp³-hybridized carbons (Fsp3) is 0.391. The molecule has 8 heteroatoms. The topological polar surface area (TPSA) is 103 Å². The third-order valence-electron chi connectivity index (χ3n) is 7.15. The Kier molecular flexibility index (Phi) is 3.87. The van der Waals surface area contributed by atoms with Crippen LogP contribution in [0.15, 0.2) is 42.9 Å². The molecule has 2 aliphatic carbocycles. The van der Waals surface area contributed by atoms with Crippen LogP contribution in [0, 0.1) is 18.8 Å². The number of hydrogen-bond acceptors (Lipinski definition) is 6. The smallest absolute Gasteiger partial charge is 0.235 e. The molecule has 1 aliphatic heterocycles. The molecule has 8 nitrogen and oxygen atoms in total. The van der Waals surface area contributed by atoms with Gasteiger partial charge in [0.15, 0.2) is 17.3 Å². The maximum absolute atomic E-state index is 13.3. The van der Waals surface area contributed by atoms with Crippen molar-refractivity contribution in [3.05, 3.63) is 54.0 Å². The number of benzene rings is 1. The molecule has 2 aromatic heterocycles. The second kappa shape index (κ2) is 6.54. The van der Waals surface area contributed by atoms with E-state index < -0.39 is 11.5 Å². The van der Waals surface area contributed by atoms with E-state index in [2.05, 4.69) is 25.6 Å². The third kappa shape index (κ3) is 2.74. The van der Waals surface area contributed by atoms with E-state index in [1.54, 1.807) is 23.3 Å². The Morgan fingerprint density at radius 1 is 1.10 bits per heavy atom. The molecule has 1 aromatic carbocycles. The van der Waals surface area contributed by atoms with Gasteiger partial charge in [-0.15, -0.1) is 5.10 Å². The predicted octanol–water partition coefficient (Wildman–Crippen LogP) is 2.37. The number of nitrogens with one attached hydrogen (secondary N) is 1. The minimum atomic E-state index is -0.722. The number of ketones is 1. The number of aryl methyl sites for hydroxylation is 1. The number of carbonyl (C=O) groups is 2. The lowest BCUT2D eigenvalue weighted by atomic mass is 9.76. The number of rotatable bonds is 3. The van der Waals surface area contributed by atoms with Crippen LogP contribution in [0.5, 0.6) is 0 Å². The molecular weight excluding hydrogens is 392 g/mol. The van der Waals surface area contributed by atoms with Crippen LogP contribution in [0.3, 0.4) is 0 Å². The number of amides is 1. The van der Waals surface area contributed by atoms with Crippen LogP contribution < -0.4 is 5.32 Å². The van der Waals surface area contributed by atoms with Gasteiger partial charge in [-0.25, -0.2) is 14.6 Å². The number of carbonyl (C=O) groups excluding carboxylic acids is 2. The Balaban J connectivity index is 1.25. The molecule has 31 heavy (non-hydrogen) atoms. The third-order valence-corrected chi connectivity index (χ3v) is 7.15. The van der Waals surface area contributed by atoms with Crippen molar-refractivity contribution in [2.45, 2.75) is 44.1 Å². The molecule has 0 radical (unpaired) electrons. The van der Waals surface area contributed by atoms with Crippen LogP contribution in [0.2, 0.25) is 0 Å². The quantitative estimate of drug-likeness (QED) is 0.660. The Labute approximate surface area is 179 Å². The summed E-state index contributed by atoms with van der Waals surface area (Å²) in [7, 11) is 0. The summed E-state index contributed by atoms with van der Waals surface area (Å²) >= 11 is 0. The van der Waals surface area contributed by atoms with Gasteiger partial charge in [-0.3, -0.25) is 9.59 Å². The molecule has 3 heterocycles. The van der Waals surface area contributed by atoms with Crippen molar-refractivity contribution >= 4 is 11.7 Å². The molecule has 1 saturated heterocycles. The highest BCUT2D eigenvalue weighted by molar-refractivity contribution is 6.17. The Bertz CT molecular complexity index is 1190. The summed E-state index contributed by atoms with van der Waals surface area (Å²) in [6, 6.07) is 7.40. The maximum atomic E-state index is 13.3. The van der Waals surface area contributed by atoms with Gasteiger partial charge in [0.1, 0.15) is 11.5 Å². The zero-order valence-corrected chi connectivity index (χ0v) is 17.2. The summed E-state index contributed by atoms with van der Waals surface area (Å²) in [5.74, 6) is 0.561. The van der Waals surface area contributed by atoms with Gasteiger partial charge in [0.05, 0.1) is 11.9 Å². The van der Waals surface area contributed by atoms with Crippen molar-refractivity contribution in [1.29, 1.82) is 0 Å². The first-order valence-electron chi connectivity index (χ1n) is 10.7. The molecule has 156 valence electrons. The van der Waals surface area contributed by atoms with E-state index in [1.165, 1.54) is 6.42 Å². The van der Waals surface area contributed by atoms with Gasteiger partial charge in [0, 0.05) is 12.4 Å². The first-order valence-corrected chi connectivity index (χ1v) is 10.7. The number of fused-ring (bicyclic) bond motifs is 3. The van der Waals surface area contributed by atoms with Gasteiger partial charge in [-0.05, 0) is 67.7 Å². The fourth-order valence-corrected chi connectivity index (χ4v) is 5.65. The van der Waals surface area contributed by atoms with Crippen LogP contribution in [0.1, 0.15) is 42.7 Å². The molecule has 6 rings (SSSR count). The molecule has 1 spiro atoms. The van der Waals surface area contributed by atoms with Crippen LogP contribution in [0.25, 0.3) is 17.2 Å². The molecule has 1 unspecified atom stereocenters. The Morgan fingerprint density at radius 2 is 1.87 bits per heavy atom. The summed E-state index contributed by atoms with van der Waals surface area (Å²) < 4.78 is 1.64. The normalized spacial score (nSPS) is 29.1. The van der Waals surface area contributed by atoms with E-state index in [1.807, 2.05) is 31.2 Å². The summed E-state index contributed by atoms with van der Waals surface area (Å²) in [5.41, 5.74) is 2.44. The van der Waals surface area contributed by atoms with Gasteiger partial charge < -0.3 is 5.32 Å². The lowest BCUT2D eigenvalue weighted by Gasteiger charge is -2.32. The highest BCUT2D eigenvalue weighted by Crippen LogP contribution is 2.54. The lowest BCUT2D eigenvalue weighted by Crippen LogP contribution is -2.50. The summed E-state index contributed by atoms with van der Waals surface area (Å²) in [6.45, 7) is 1.93. The maximum Gasteiger partial charge on any atom is 0.235 e. The molecule has 1 N–H and O–H groups in total. The predicted molar refractivity (Wildman–Crippen MR) is 111 cm³/mol. The molecule has 3 fully saturated rings. The van der Waals surface area contributed by atoms with E-state index in [4.69, 9.17) is 0 Å². The average molecular weight is 414 g/mol. The molecule has 4 atom stereocenters. The second-order valence-corrected chi connectivity index (χ2v) is 9.06. The van der Waals surface area contributed by atoms with Crippen LogP contribution in [0.4, 0.5) is 0 Å². The van der Waals surface area contributed by atoms with Crippen molar-refractivity contribution in [2.24, 2.45) is 11.8 Å². The number of nitrogens with zero attached hydrogens (tertiary/aromatic N) is 5. The van der Waals surface area contributed by atoms with Crippen molar-refractivity contribution < 1.29 is 9.59 Å². The SMILES string of the molecule is Cc1cnc(-c2cn(-c3ccc(C4C(=O)N[C@@]5(C[C@@H]6CC[C@H]5C6)C4=O)cc3)nn2)nc1. The van der Waals surface area contributed by atoms with Gasteiger partial charge in [-0.2, -0.15) is 0 Å². The summed E-state index contributed by atoms with van der Waals surface area (Å²) in [5, 5.41) is 11.4. The lowest BCUT2D eigenvalue weighted by molar-refractivity contribution is -0.126. The Morgan fingerprint density at radius 3 is 2.55 bits per heavy atom. The zero-order valence-electron chi connectivity index (χ0n) is 17.2.